The van der Waals surface area contributed by atoms with Crippen LogP contribution in [0.3, 0.4) is 0 Å². The average molecular weight is 270 g/mol. The lowest BCUT2D eigenvalue weighted by molar-refractivity contribution is -0.00762. The maximum absolute atomic E-state index is 5.58. The molecule has 1 aliphatic rings. The van der Waals surface area contributed by atoms with Gasteiger partial charge in [-0.3, -0.25) is 4.90 Å². The highest BCUT2D eigenvalue weighted by Gasteiger charge is 2.25. The van der Waals surface area contributed by atoms with Crippen LogP contribution in [0.2, 0.25) is 0 Å². The minimum atomic E-state index is -0.0224. The maximum atomic E-state index is 5.58. The number of methoxy groups -OCH3 is 1. The SMILES string of the molecule is CCCN(CC1CCCCN1)C(C)CC(C)(C)OC. The van der Waals surface area contributed by atoms with E-state index in [4.69, 9.17) is 4.74 Å². The van der Waals surface area contributed by atoms with Gasteiger partial charge in [-0.2, -0.15) is 0 Å². The molecule has 0 spiro atoms. The number of nitrogens with one attached hydrogen (secondary N) is 1. The molecule has 3 nitrogen and oxygen atoms in total. The normalized spacial score (nSPS) is 22.7. The van der Waals surface area contributed by atoms with E-state index < -0.39 is 0 Å². The van der Waals surface area contributed by atoms with E-state index in [1.165, 1.54) is 45.3 Å². The summed E-state index contributed by atoms with van der Waals surface area (Å²) in [5.41, 5.74) is -0.0224. The molecule has 0 aromatic rings. The zero-order valence-corrected chi connectivity index (χ0v) is 13.7. The molecule has 2 atom stereocenters. The molecular formula is C16H34N2O. The Balaban J connectivity index is 2.49. The van der Waals surface area contributed by atoms with Crippen LogP contribution >= 0.6 is 0 Å². The Labute approximate surface area is 120 Å². The van der Waals surface area contributed by atoms with Gasteiger partial charge in [0.15, 0.2) is 0 Å². The van der Waals surface area contributed by atoms with Crippen molar-refractivity contribution in [2.24, 2.45) is 0 Å². The van der Waals surface area contributed by atoms with Gasteiger partial charge in [0.1, 0.15) is 0 Å². The van der Waals surface area contributed by atoms with Crippen molar-refractivity contribution >= 4 is 0 Å². The van der Waals surface area contributed by atoms with Gasteiger partial charge >= 0.3 is 0 Å². The summed E-state index contributed by atoms with van der Waals surface area (Å²) in [4.78, 5) is 2.64. The summed E-state index contributed by atoms with van der Waals surface area (Å²) in [5.74, 6) is 0. The summed E-state index contributed by atoms with van der Waals surface area (Å²) in [6.45, 7) is 12.6. The number of hydrogen-bond acceptors (Lipinski definition) is 3. The number of hydrogen-bond donors (Lipinski definition) is 1. The Morgan fingerprint density at radius 3 is 2.63 bits per heavy atom. The smallest absolute Gasteiger partial charge is 0.0637 e. The van der Waals surface area contributed by atoms with Gasteiger partial charge in [-0.25, -0.2) is 0 Å². The van der Waals surface area contributed by atoms with Crippen LogP contribution in [0.15, 0.2) is 0 Å². The van der Waals surface area contributed by atoms with Crippen LogP contribution < -0.4 is 5.32 Å². The van der Waals surface area contributed by atoms with Gasteiger partial charge in [-0.05, 0) is 59.5 Å². The number of nitrogens with zero attached hydrogens (tertiary/aromatic N) is 1. The Kier molecular flexibility index (Phi) is 7.33. The van der Waals surface area contributed by atoms with E-state index in [2.05, 4.69) is 37.9 Å². The van der Waals surface area contributed by atoms with Crippen LogP contribution in [-0.4, -0.2) is 49.3 Å². The molecule has 114 valence electrons. The Hall–Kier alpha value is -0.120. The molecule has 1 heterocycles. The van der Waals surface area contributed by atoms with Crippen molar-refractivity contribution in [3.05, 3.63) is 0 Å². The van der Waals surface area contributed by atoms with Crippen LogP contribution in [0.25, 0.3) is 0 Å². The van der Waals surface area contributed by atoms with Crippen molar-refractivity contribution in [3.63, 3.8) is 0 Å². The molecule has 3 heteroatoms. The molecule has 19 heavy (non-hydrogen) atoms. The van der Waals surface area contributed by atoms with Crippen molar-refractivity contribution in [2.45, 2.75) is 77.5 Å². The summed E-state index contributed by atoms with van der Waals surface area (Å²) < 4.78 is 5.58. The Morgan fingerprint density at radius 2 is 2.11 bits per heavy atom. The van der Waals surface area contributed by atoms with E-state index >= 15 is 0 Å². The minimum absolute atomic E-state index is 0.0224. The van der Waals surface area contributed by atoms with Gasteiger partial charge in [0.25, 0.3) is 0 Å². The van der Waals surface area contributed by atoms with Gasteiger partial charge in [-0.15, -0.1) is 0 Å². The van der Waals surface area contributed by atoms with Crippen molar-refractivity contribution in [1.82, 2.24) is 10.2 Å². The van der Waals surface area contributed by atoms with E-state index in [1.54, 1.807) is 0 Å². The third-order valence-corrected chi connectivity index (χ3v) is 4.34. The predicted molar refractivity (Wildman–Crippen MR) is 82.7 cm³/mol. The predicted octanol–water partition coefficient (Wildman–Crippen LogP) is 3.04. The highest BCUT2D eigenvalue weighted by molar-refractivity contribution is 4.82. The fourth-order valence-electron chi connectivity index (χ4n) is 3.07. The number of piperidine rings is 1. The molecule has 2 unspecified atom stereocenters. The lowest BCUT2D eigenvalue weighted by Crippen LogP contribution is -2.48. The molecule has 1 N–H and O–H groups in total. The molecule has 0 aromatic carbocycles. The van der Waals surface area contributed by atoms with Crippen LogP contribution in [0, 0.1) is 0 Å². The fraction of sp³-hybridized carbons (Fsp3) is 1.00. The molecule has 0 bridgehead atoms. The molecule has 1 rings (SSSR count). The monoisotopic (exact) mass is 270 g/mol. The van der Waals surface area contributed by atoms with Gasteiger partial charge in [0.2, 0.25) is 0 Å². The van der Waals surface area contributed by atoms with Crippen molar-refractivity contribution in [3.8, 4) is 0 Å². The van der Waals surface area contributed by atoms with Gasteiger partial charge in [0, 0.05) is 25.7 Å². The second kappa shape index (κ2) is 8.23. The third kappa shape index (κ3) is 6.24. The van der Waals surface area contributed by atoms with Gasteiger partial charge < -0.3 is 10.1 Å². The second-order valence-corrected chi connectivity index (χ2v) is 6.66. The first-order chi connectivity index (χ1) is 8.98. The third-order valence-electron chi connectivity index (χ3n) is 4.34. The molecule has 0 saturated carbocycles. The molecule has 1 fully saturated rings. The van der Waals surface area contributed by atoms with E-state index in [-0.39, 0.29) is 5.60 Å². The van der Waals surface area contributed by atoms with Gasteiger partial charge in [0.05, 0.1) is 5.60 Å². The highest BCUT2D eigenvalue weighted by atomic mass is 16.5. The fourth-order valence-corrected chi connectivity index (χ4v) is 3.07. The summed E-state index contributed by atoms with van der Waals surface area (Å²) in [7, 11) is 1.82. The quantitative estimate of drug-likeness (QED) is 0.733. The van der Waals surface area contributed by atoms with E-state index in [1.807, 2.05) is 7.11 Å². The summed E-state index contributed by atoms with van der Waals surface area (Å²) in [6.07, 6.45) is 6.38. The first-order valence-electron chi connectivity index (χ1n) is 8.01. The van der Waals surface area contributed by atoms with Crippen LogP contribution in [0.5, 0.6) is 0 Å². The van der Waals surface area contributed by atoms with E-state index in [0.29, 0.717) is 12.1 Å². The Bertz CT molecular complexity index is 237. The molecule has 0 aliphatic carbocycles. The molecule has 1 saturated heterocycles. The highest BCUT2D eigenvalue weighted by Crippen LogP contribution is 2.20. The number of ether oxygens (including phenoxy) is 1. The average Bonchev–Trinajstić information content (AvgIpc) is 2.39. The maximum Gasteiger partial charge on any atom is 0.0637 e. The molecule has 0 radical (unpaired) electrons. The lowest BCUT2D eigenvalue weighted by Gasteiger charge is -2.37. The summed E-state index contributed by atoms with van der Waals surface area (Å²) in [5, 5.41) is 3.67. The van der Waals surface area contributed by atoms with E-state index in [0.717, 1.165) is 6.42 Å². The van der Waals surface area contributed by atoms with Crippen molar-refractivity contribution < 1.29 is 4.74 Å². The second-order valence-electron chi connectivity index (χ2n) is 6.66. The zero-order valence-electron chi connectivity index (χ0n) is 13.7. The largest absolute Gasteiger partial charge is 0.379 e. The Morgan fingerprint density at radius 1 is 1.37 bits per heavy atom. The lowest BCUT2D eigenvalue weighted by atomic mass is 9.97. The summed E-state index contributed by atoms with van der Waals surface area (Å²) in [6, 6.07) is 1.27. The van der Waals surface area contributed by atoms with Crippen molar-refractivity contribution in [1.29, 1.82) is 0 Å². The van der Waals surface area contributed by atoms with Crippen LogP contribution in [0.1, 0.15) is 59.8 Å². The van der Waals surface area contributed by atoms with Crippen molar-refractivity contribution in [2.75, 3.05) is 26.7 Å². The molecule has 0 amide bonds. The zero-order chi connectivity index (χ0) is 14.3. The summed E-state index contributed by atoms with van der Waals surface area (Å²) >= 11 is 0. The first-order valence-corrected chi connectivity index (χ1v) is 8.01. The minimum Gasteiger partial charge on any atom is -0.379 e. The first kappa shape index (κ1) is 16.9. The molecule has 1 aliphatic heterocycles. The van der Waals surface area contributed by atoms with E-state index in [9.17, 15) is 0 Å². The molecular weight excluding hydrogens is 236 g/mol. The van der Waals surface area contributed by atoms with Crippen LogP contribution in [-0.2, 0) is 4.74 Å². The molecule has 0 aromatic heterocycles. The standard InChI is InChI=1S/C16H34N2O/c1-6-11-18(13-15-9-7-8-10-17-15)14(2)12-16(3,4)19-5/h14-15,17H,6-13H2,1-5H3. The number of rotatable bonds is 8. The van der Waals surface area contributed by atoms with Gasteiger partial charge in [-0.1, -0.05) is 13.3 Å². The topological polar surface area (TPSA) is 24.5 Å². The van der Waals surface area contributed by atoms with Crippen LogP contribution in [0.4, 0.5) is 0 Å².